The third-order valence-corrected chi connectivity index (χ3v) is 5.58. The van der Waals surface area contributed by atoms with Gasteiger partial charge in [0.25, 0.3) is 5.91 Å². The first-order valence-electron chi connectivity index (χ1n) is 10.2. The first kappa shape index (κ1) is 24.2. The van der Waals surface area contributed by atoms with Crippen LogP contribution in [-0.2, 0) is 11.3 Å². The molecular weight excluding hydrogens is 492 g/mol. The van der Waals surface area contributed by atoms with Gasteiger partial charge in [-0.1, -0.05) is 45.9 Å². The minimum Gasteiger partial charge on any atom is -0.483 e. The van der Waals surface area contributed by atoms with Crippen LogP contribution in [0.1, 0.15) is 26.3 Å². The molecule has 3 rings (SSSR count). The van der Waals surface area contributed by atoms with E-state index in [1.807, 2.05) is 69.3 Å². The van der Waals surface area contributed by atoms with E-state index in [2.05, 4.69) is 42.1 Å². The number of benzene rings is 2. The van der Waals surface area contributed by atoms with Crippen molar-refractivity contribution in [3.05, 3.63) is 58.6 Å². The van der Waals surface area contributed by atoms with Crippen LogP contribution in [0.5, 0.6) is 5.75 Å². The van der Waals surface area contributed by atoms with E-state index in [9.17, 15) is 4.79 Å². The number of aromatic nitrogens is 4. The molecule has 0 saturated carbocycles. The van der Waals surface area contributed by atoms with Gasteiger partial charge in [0.2, 0.25) is 5.16 Å². The van der Waals surface area contributed by atoms with Gasteiger partial charge in [0.15, 0.2) is 6.61 Å². The smallest absolute Gasteiger partial charge is 0.258 e. The second kappa shape index (κ2) is 11.4. The summed E-state index contributed by atoms with van der Waals surface area (Å²) < 4.78 is 8.46. The molecule has 0 bridgehead atoms. The van der Waals surface area contributed by atoms with Crippen LogP contribution in [0, 0.1) is 0 Å². The van der Waals surface area contributed by atoms with Crippen molar-refractivity contribution in [1.82, 2.24) is 30.8 Å². The number of tetrazole rings is 1. The Hall–Kier alpha value is -2.43. The first-order chi connectivity index (χ1) is 15.3. The van der Waals surface area contributed by atoms with Crippen molar-refractivity contribution in [2.75, 3.05) is 18.9 Å². The van der Waals surface area contributed by atoms with Gasteiger partial charge in [-0.15, -0.1) is 5.10 Å². The molecule has 0 fully saturated rings. The summed E-state index contributed by atoms with van der Waals surface area (Å²) >= 11 is 5.08. The number of hydrogen-bond donors (Lipinski definition) is 2. The molecule has 1 amide bonds. The van der Waals surface area contributed by atoms with E-state index in [-0.39, 0.29) is 18.1 Å². The fraction of sp³-hybridized carbons (Fsp3) is 0.364. The van der Waals surface area contributed by atoms with Crippen molar-refractivity contribution in [2.24, 2.45) is 0 Å². The highest BCUT2D eigenvalue weighted by atomic mass is 79.9. The van der Waals surface area contributed by atoms with Crippen LogP contribution in [-0.4, -0.2) is 50.6 Å². The van der Waals surface area contributed by atoms with E-state index in [0.717, 1.165) is 33.2 Å². The highest BCUT2D eigenvalue weighted by Crippen LogP contribution is 2.23. The Morgan fingerprint density at radius 1 is 1.19 bits per heavy atom. The molecule has 0 aliphatic heterocycles. The maximum absolute atomic E-state index is 12.1. The normalized spacial score (nSPS) is 11.4. The van der Waals surface area contributed by atoms with Crippen molar-refractivity contribution in [3.63, 3.8) is 0 Å². The van der Waals surface area contributed by atoms with E-state index in [0.29, 0.717) is 12.3 Å². The number of nitrogens with one attached hydrogen (secondary N) is 2. The number of halogens is 1. The number of rotatable bonds is 10. The quantitative estimate of drug-likeness (QED) is 0.312. The monoisotopic (exact) mass is 518 g/mol. The van der Waals surface area contributed by atoms with Gasteiger partial charge in [0, 0.05) is 34.4 Å². The zero-order valence-corrected chi connectivity index (χ0v) is 20.7. The average molecular weight is 519 g/mol. The number of nitrogens with zero attached hydrogens (tertiary/aromatic N) is 4. The fourth-order valence-electron chi connectivity index (χ4n) is 2.86. The summed E-state index contributed by atoms with van der Waals surface area (Å²) in [4.78, 5) is 12.1. The van der Waals surface area contributed by atoms with Gasteiger partial charge in [-0.25, -0.2) is 0 Å². The summed E-state index contributed by atoms with van der Waals surface area (Å²) in [6.45, 7) is 7.16. The molecule has 32 heavy (non-hydrogen) atoms. The Morgan fingerprint density at radius 3 is 2.72 bits per heavy atom. The predicted molar refractivity (Wildman–Crippen MR) is 129 cm³/mol. The summed E-state index contributed by atoms with van der Waals surface area (Å²) in [6.07, 6.45) is 0. The molecule has 0 atom stereocenters. The standard InChI is InChI=1S/C22H27BrN6O2S/c1-22(2,3)25-20(30)15-31-19-10-9-17(23)13-16(19)14-24-11-12-32-21-26-27-28-29(21)18-7-5-4-6-8-18/h4-10,13,24H,11-12,14-15H2,1-3H3,(H,25,30). The Morgan fingerprint density at radius 2 is 1.97 bits per heavy atom. The number of hydrogen-bond acceptors (Lipinski definition) is 7. The summed E-state index contributed by atoms with van der Waals surface area (Å²) in [5.74, 6) is 1.34. The lowest BCUT2D eigenvalue weighted by atomic mass is 10.1. The van der Waals surface area contributed by atoms with E-state index < -0.39 is 0 Å². The average Bonchev–Trinajstić information content (AvgIpc) is 3.21. The number of amides is 1. The van der Waals surface area contributed by atoms with Crippen molar-refractivity contribution in [1.29, 1.82) is 0 Å². The van der Waals surface area contributed by atoms with Crippen LogP contribution < -0.4 is 15.4 Å². The van der Waals surface area contributed by atoms with Crippen LogP contribution in [0.3, 0.4) is 0 Å². The first-order valence-corrected chi connectivity index (χ1v) is 12.0. The van der Waals surface area contributed by atoms with Crippen molar-refractivity contribution < 1.29 is 9.53 Å². The van der Waals surface area contributed by atoms with Crippen LogP contribution >= 0.6 is 27.7 Å². The molecule has 8 nitrogen and oxygen atoms in total. The minimum absolute atomic E-state index is 0.0239. The largest absolute Gasteiger partial charge is 0.483 e. The number of carbonyl (C=O) groups is 1. The summed E-state index contributed by atoms with van der Waals surface area (Å²) in [5.41, 5.74) is 1.61. The maximum atomic E-state index is 12.1. The van der Waals surface area contributed by atoms with Gasteiger partial charge in [-0.05, 0) is 61.5 Å². The molecule has 0 spiro atoms. The summed E-state index contributed by atoms with van der Waals surface area (Å²) in [7, 11) is 0. The molecule has 2 N–H and O–H groups in total. The Balaban J connectivity index is 1.49. The van der Waals surface area contributed by atoms with Crippen LogP contribution in [0.15, 0.2) is 58.2 Å². The molecule has 0 saturated heterocycles. The second-order valence-corrected chi connectivity index (χ2v) is 10.1. The van der Waals surface area contributed by atoms with Crippen molar-refractivity contribution in [2.45, 2.75) is 38.0 Å². The third kappa shape index (κ3) is 7.61. The summed E-state index contributed by atoms with van der Waals surface area (Å²) in [6, 6.07) is 15.6. The Kier molecular flexibility index (Phi) is 8.66. The molecule has 0 unspecified atom stereocenters. The SMILES string of the molecule is CC(C)(C)NC(=O)COc1ccc(Br)cc1CNCCSc1nnnn1-c1ccccc1. The number of para-hydroxylation sites is 1. The van der Waals surface area contributed by atoms with Crippen molar-refractivity contribution in [3.8, 4) is 11.4 Å². The highest BCUT2D eigenvalue weighted by Gasteiger charge is 2.15. The van der Waals surface area contributed by atoms with Gasteiger partial charge in [-0.2, -0.15) is 4.68 Å². The molecule has 1 aromatic heterocycles. The zero-order valence-electron chi connectivity index (χ0n) is 18.3. The number of ether oxygens (including phenoxy) is 1. The molecule has 170 valence electrons. The van der Waals surface area contributed by atoms with Gasteiger partial charge >= 0.3 is 0 Å². The summed E-state index contributed by atoms with van der Waals surface area (Å²) in [5, 5.41) is 19.0. The van der Waals surface area contributed by atoms with Gasteiger partial charge in [0.05, 0.1) is 5.69 Å². The van der Waals surface area contributed by atoms with Crippen LogP contribution in [0.25, 0.3) is 5.69 Å². The van der Waals surface area contributed by atoms with Gasteiger partial charge < -0.3 is 15.4 Å². The molecule has 2 aromatic carbocycles. The Labute approximate surface area is 200 Å². The third-order valence-electron chi connectivity index (χ3n) is 4.16. The van der Waals surface area contributed by atoms with E-state index in [1.54, 1.807) is 16.4 Å². The van der Waals surface area contributed by atoms with Crippen LogP contribution in [0.4, 0.5) is 0 Å². The van der Waals surface area contributed by atoms with E-state index in [1.165, 1.54) is 0 Å². The second-order valence-electron chi connectivity index (χ2n) is 8.07. The Bertz CT molecular complexity index is 1020. The lowest BCUT2D eigenvalue weighted by Crippen LogP contribution is -2.43. The van der Waals surface area contributed by atoms with Gasteiger partial charge in [-0.3, -0.25) is 4.79 Å². The molecule has 0 radical (unpaired) electrons. The van der Waals surface area contributed by atoms with E-state index in [4.69, 9.17) is 4.74 Å². The molecule has 0 aliphatic carbocycles. The molecule has 10 heteroatoms. The molecular formula is C22H27BrN6O2S. The topological polar surface area (TPSA) is 94.0 Å². The zero-order chi connectivity index (χ0) is 23.0. The minimum atomic E-state index is -0.289. The molecule has 1 heterocycles. The fourth-order valence-corrected chi connectivity index (χ4v) is 4.06. The molecule has 3 aromatic rings. The maximum Gasteiger partial charge on any atom is 0.258 e. The van der Waals surface area contributed by atoms with Gasteiger partial charge in [0.1, 0.15) is 5.75 Å². The lowest BCUT2D eigenvalue weighted by molar-refractivity contribution is -0.124. The molecule has 0 aliphatic rings. The van der Waals surface area contributed by atoms with Crippen LogP contribution in [0.2, 0.25) is 0 Å². The number of thioether (sulfide) groups is 1. The number of carbonyl (C=O) groups excluding carboxylic acids is 1. The lowest BCUT2D eigenvalue weighted by Gasteiger charge is -2.21. The van der Waals surface area contributed by atoms with E-state index >= 15 is 0 Å². The van der Waals surface area contributed by atoms with Crippen molar-refractivity contribution >= 4 is 33.6 Å². The predicted octanol–water partition coefficient (Wildman–Crippen LogP) is 3.60. The highest BCUT2D eigenvalue weighted by molar-refractivity contribution is 9.10.